The van der Waals surface area contributed by atoms with Crippen LogP contribution in [-0.2, 0) is 10.5 Å². The van der Waals surface area contributed by atoms with Crippen LogP contribution in [-0.4, -0.2) is 17.6 Å². The van der Waals surface area contributed by atoms with Gasteiger partial charge >= 0.3 is 0 Å². The van der Waals surface area contributed by atoms with Crippen LogP contribution in [0.4, 0.5) is 5.00 Å². The summed E-state index contributed by atoms with van der Waals surface area (Å²) in [5.74, 6) is 0.225. The molecule has 0 spiro atoms. The van der Waals surface area contributed by atoms with Gasteiger partial charge < -0.3 is 11.1 Å². The summed E-state index contributed by atoms with van der Waals surface area (Å²) in [6.07, 6.45) is 0. The Labute approximate surface area is 142 Å². The van der Waals surface area contributed by atoms with E-state index in [9.17, 15) is 9.59 Å². The minimum Gasteiger partial charge on any atom is -0.366 e. The van der Waals surface area contributed by atoms with E-state index in [1.807, 2.05) is 19.1 Å². The van der Waals surface area contributed by atoms with Crippen molar-refractivity contribution in [2.45, 2.75) is 12.7 Å². The molecule has 0 saturated heterocycles. The maximum absolute atomic E-state index is 12.0. The number of primary amides is 1. The highest BCUT2D eigenvalue weighted by molar-refractivity contribution is 7.99. The first-order chi connectivity index (χ1) is 11.0. The molecule has 0 unspecified atom stereocenters. The normalized spacial score (nSPS) is 10.1. The summed E-state index contributed by atoms with van der Waals surface area (Å²) in [6, 6.07) is 11.0. The zero-order valence-corrected chi connectivity index (χ0v) is 14.1. The molecule has 7 heteroatoms. The molecule has 118 valence electrons. The second kappa shape index (κ2) is 7.81. The van der Waals surface area contributed by atoms with Gasteiger partial charge in [-0.1, -0.05) is 12.1 Å². The highest BCUT2D eigenvalue weighted by Crippen LogP contribution is 2.27. The van der Waals surface area contributed by atoms with Crippen LogP contribution in [0.25, 0.3) is 0 Å². The summed E-state index contributed by atoms with van der Waals surface area (Å²) in [5.41, 5.74) is 7.30. The standard InChI is InChI=1S/C16H15N3O2S2/c1-10-6-13(15(18)21)16(23-10)19-14(20)9-22-8-12-4-2-11(7-17)3-5-12/h2-6H,8-9H2,1H3,(H2,18,21)(H,19,20). The van der Waals surface area contributed by atoms with Gasteiger partial charge in [0.2, 0.25) is 5.91 Å². The minimum atomic E-state index is -0.546. The number of nitrogens with zero attached hydrogens (tertiary/aromatic N) is 1. The highest BCUT2D eigenvalue weighted by atomic mass is 32.2. The van der Waals surface area contributed by atoms with Crippen molar-refractivity contribution in [3.63, 3.8) is 0 Å². The Bertz CT molecular complexity index is 761. The Morgan fingerprint density at radius 3 is 2.65 bits per heavy atom. The fourth-order valence-corrected chi connectivity index (χ4v) is 3.61. The highest BCUT2D eigenvalue weighted by Gasteiger charge is 2.14. The van der Waals surface area contributed by atoms with Crippen molar-refractivity contribution in [3.05, 3.63) is 51.9 Å². The lowest BCUT2D eigenvalue weighted by atomic mass is 10.2. The monoisotopic (exact) mass is 345 g/mol. The van der Waals surface area contributed by atoms with Gasteiger partial charge in [-0.15, -0.1) is 23.1 Å². The van der Waals surface area contributed by atoms with Crippen molar-refractivity contribution in [3.8, 4) is 6.07 Å². The second-order valence-corrected chi connectivity index (χ2v) is 7.06. The zero-order chi connectivity index (χ0) is 16.8. The number of thiophene rings is 1. The number of aryl methyl sites for hydroxylation is 1. The number of rotatable bonds is 6. The molecule has 0 saturated carbocycles. The fourth-order valence-electron chi connectivity index (χ4n) is 1.89. The summed E-state index contributed by atoms with van der Waals surface area (Å²) < 4.78 is 0. The van der Waals surface area contributed by atoms with Gasteiger partial charge in [-0.3, -0.25) is 9.59 Å². The quantitative estimate of drug-likeness (QED) is 0.841. The van der Waals surface area contributed by atoms with Crippen LogP contribution in [0.2, 0.25) is 0 Å². The average molecular weight is 345 g/mol. The number of amides is 2. The third-order valence-corrected chi connectivity index (χ3v) is 4.93. The molecular weight excluding hydrogens is 330 g/mol. The lowest BCUT2D eigenvalue weighted by Gasteiger charge is -2.05. The minimum absolute atomic E-state index is 0.173. The Morgan fingerprint density at radius 2 is 2.04 bits per heavy atom. The van der Waals surface area contributed by atoms with Crippen LogP contribution in [0.3, 0.4) is 0 Å². The average Bonchev–Trinajstić information content (AvgIpc) is 2.88. The van der Waals surface area contributed by atoms with Gasteiger partial charge in [0.05, 0.1) is 22.9 Å². The van der Waals surface area contributed by atoms with Crippen molar-refractivity contribution >= 4 is 39.9 Å². The van der Waals surface area contributed by atoms with E-state index >= 15 is 0 Å². The summed E-state index contributed by atoms with van der Waals surface area (Å²) >= 11 is 2.79. The van der Waals surface area contributed by atoms with Crippen molar-refractivity contribution < 1.29 is 9.59 Å². The van der Waals surface area contributed by atoms with Gasteiger partial charge in [0.1, 0.15) is 5.00 Å². The number of hydrogen-bond acceptors (Lipinski definition) is 5. The number of nitrogens with one attached hydrogen (secondary N) is 1. The van der Waals surface area contributed by atoms with E-state index in [0.717, 1.165) is 10.4 Å². The lowest BCUT2D eigenvalue weighted by molar-refractivity contribution is -0.113. The van der Waals surface area contributed by atoms with Crippen molar-refractivity contribution in [2.24, 2.45) is 5.73 Å². The Balaban J connectivity index is 1.85. The maximum Gasteiger partial charge on any atom is 0.251 e. The number of thioether (sulfide) groups is 1. The van der Waals surface area contributed by atoms with Gasteiger partial charge in [-0.2, -0.15) is 5.26 Å². The van der Waals surface area contributed by atoms with E-state index in [4.69, 9.17) is 11.0 Å². The first-order valence-corrected chi connectivity index (χ1v) is 8.73. The first-order valence-electron chi connectivity index (χ1n) is 6.76. The molecule has 0 aliphatic rings. The number of carbonyl (C=O) groups excluding carboxylic acids is 2. The number of carbonyl (C=O) groups is 2. The van der Waals surface area contributed by atoms with E-state index in [2.05, 4.69) is 11.4 Å². The Morgan fingerprint density at radius 1 is 1.35 bits per heavy atom. The third kappa shape index (κ3) is 4.84. The van der Waals surface area contributed by atoms with Gasteiger partial charge in [-0.25, -0.2) is 0 Å². The van der Waals surface area contributed by atoms with Gasteiger partial charge in [0, 0.05) is 10.6 Å². The summed E-state index contributed by atoms with van der Waals surface area (Å²) in [5, 5.41) is 12.0. The van der Waals surface area contributed by atoms with E-state index < -0.39 is 5.91 Å². The van der Waals surface area contributed by atoms with Crippen molar-refractivity contribution in [2.75, 3.05) is 11.1 Å². The summed E-state index contributed by atoms with van der Waals surface area (Å²) in [7, 11) is 0. The fraction of sp³-hybridized carbons (Fsp3) is 0.188. The zero-order valence-electron chi connectivity index (χ0n) is 12.5. The molecule has 0 aliphatic carbocycles. The van der Waals surface area contributed by atoms with Crippen LogP contribution in [0, 0.1) is 18.3 Å². The largest absolute Gasteiger partial charge is 0.366 e. The first kappa shape index (κ1) is 17.1. The molecule has 5 nitrogen and oxygen atoms in total. The molecule has 0 atom stereocenters. The molecule has 0 bridgehead atoms. The van der Waals surface area contributed by atoms with E-state index in [-0.39, 0.29) is 11.7 Å². The molecule has 0 aliphatic heterocycles. The topological polar surface area (TPSA) is 96.0 Å². The lowest BCUT2D eigenvalue weighted by Crippen LogP contribution is -2.17. The molecule has 0 radical (unpaired) electrons. The van der Waals surface area contributed by atoms with Crippen LogP contribution in [0.15, 0.2) is 30.3 Å². The van der Waals surface area contributed by atoms with Crippen LogP contribution in [0.1, 0.15) is 26.4 Å². The predicted octanol–water partition coefficient (Wildman–Crippen LogP) is 2.90. The van der Waals surface area contributed by atoms with E-state index in [1.165, 1.54) is 23.1 Å². The number of nitriles is 1. The second-order valence-electron chi connectivity index (χ2n) is 4.81. The van der Waals surface area contributed by atoms with Gasteiger partial charge in [0.15, 0.2) is 0 Å². The van der Waals surface area contributed by atoms with Gasteiger partial charge in [-0.05, 0) is 30.7 Å². The SMILES string of the molecule is Cc1cc(C(N)=O)c(NC(=O)CSCc2ccc(C#N)cc2)s1. The van der Waals surface area contributed by atoms with E-state index in [1.54, 1.807) is 18.2 Å². The molecule has 1 aromatic heterocycles. The maximum atomic E-state index is 12.0. The van der Waals surface area contributed by atoms with Crippen LogP contribution in [0.5, 0.6) is 0 Å². The molecule has 2 amide bonds. The smallest absolute Gasteiger partial charge is 0.251 e. The van der Waals surface area contributed by atoms with Gasteiger partial charge in [0.25, 0.3) is 5.91 Å². The molecule has 0 fully saturated rings. The molecule has 2 aromatic rings. The van der Waals surface area contributed by atoms with Crippen molar-refractivity contribution in [1.29, 1.82) is 5.26 Å². The van der Waals surface area contributed by atoms with Crippen molar-refractivity contribution in [1.82, 2.24) is 0 Å². The molecular formula is C16H15N3O2S2. The molecule has 1 aromatic carbocycles. The molecule has 2 rings (SSSR count). The predicted molar refractivity (Wildman–Crippen MR) is 93.5 cm³/mol. The summed E-state index contributed by atoms with van der Waals surface area (Å²) in [4.78, 5) is 24.2. The number of hydrogen-bond donors (Lipinski definition) is 2. The molecule has 23 heavy (non-hydrogen) atoms. The molecule has 1 heterocycles. The summed E-state index contributed by atoms with van der Waals surface area (Å²) in [6.45, 7) is 1.85. The number of nitrogens with two attached hydrogens (primary N) is 1. The third-order valence-electron chi connectivity index (χ3n) is 2.96. The number of benzene rings is 1. The van der Waals surface area contributed by atoms with Crippen LogP contribution >= 0.6 is 23.1 Å². The van der Waals surface area contributed by atoms with Crippen LogP contribution < -0.4 is 11.1 Å². The number of anilines is 1. The Kier molecular flexibility index (Phi) is 5.79. The Hall–Kier alpha value is -2.30. The van der Waals surface area contributed by atoms with E-state index in [0.29, 0.717) is 21.9 Å². The molecule has 3 N–H and O–H groups in total.